The molecule has 0 unspecified atom stereocenters. The van der Waals surface area contributed by atoms with Crippen molar-refractivity contribution in [3.05, 3.63) is 41.4 Å². The predicted molar refractivity (Wildman–Crippen MR) is 94.1 cm³/mol. The summed E-state index contributed by atoms with van der Waals surface area (Å²) in [4.78, 5) is 2.62. The van der Waals surface area contributed by atoms with Gasteiger partial charge in [0.15, 0.2) is 0 Å². The predicted octanol–water partition coefficient (Wildman–Crippen LogP) is 4.02. The van der Waals surface area contributed by atoms with Crippen molar-refractivity contribution in [3.63, 3.8) is 0 Å². The fraction of sp³-hybridized carbons (Fsp3) is 0.556. The third-order valence-corrected chi connectivity index (χ3v) is 5.85. The molecule has 1 aliphatic heterocycles. The summed E-state index contributed by atoms with van der Waals surface area (Å²) in [7, 11) is 0. The molecule has 122 valence electrons. The Kier molecular flexibility index (Phi) is 4.31. The van der Waals surface area contributed by atoms with E-state index in [1.807, 2.05) is 33.8 Å². The highest BCUT2D eigenvalue weighted by molar-refractivity contribution is 7.71. The Bertz CT molecular complexity index is 703. The van der Waals surface area contributed by atoms with Crippen molar-refractivity contribution in [3.8, 4) is 5.69 Å². The van der Waals surface area contributed by atoms with Crippen molar-refractivity contribution in [1.29, 1.82) is 0 Å². The van der Waals surface area contributed by atoms with Crippen molar-refractivity contribution in [2.24, 2.45) is 5.92 Å². The summed E-state index contributed by atoms with van der Waals surface area (Å²) in [5.74, 6) is 0.892. The maximum Gasteiger partial charge on any atom is 0.203 e. The van der Waals surface area contributed by atoms with Gasteiger partial charge >= 0.3 is 0 Å². The lowest BCUT2D eigenvalue weighted by molar-refractivity contribution is 0.0323. The second kappa shape index (κ2) is 6.57. The van der Waals surface area contributed by atoms with Gasteiger partial charge in [-0.25, -0.2) is 4.68 Å². The second-order valence-electron chi connectivity index (χ2n) is 6.83. The topological polar surface area (TPSA) is 26.0 Å². The minimum atomic E-state index is 0.737. The SMILES string of the molecule is S=c1n(-c2ccccc2)cnn1CN1CCC[C@H]2CCCC[C@@H]21. The molecule has 2 atom stereocenters. The number of hydrogen-bond donors (Lipinski definition) is 0. The van der Waals surface area contributed by atoms with Gasteiger partial charge in [0.25, 0.3) is 0 Å². The van der Waals surface area contributed by atoms with Crippen molar-refractivity contribution in [2.45, 2.75) is 51.2 Å². The van der Waals surface area contributed by atoms with Gasteiger partial charge in [0, 0.05) is 18.3 Å². The number of fused-ring (bicyclic) bond motifs is 1. The second-order valence-corrected chi connectivity index (χ2v) is 7.19. The number of hydrogen-bond acceptors (Lipinski definition) is 3. The smallest absolute Gasteiger partial charge is 0.203 e. The van der Waals surface area contributed by atoms with E-state index in [1.165, 1.54) is 45.1 Å². The summed E-state index contributed by atoms with van der Waals surface area (Å²) in [6.45, 7) is 2.01. The maximum atomic E-state index is 5.66. The summed E-state index contributed by atoms with van der Waals surface area (Å²) in [5, 5.41) is 4.56. The average Bonchev–Trinajstić information content (AvgIpc) is 2.97. The third-order valence-electron chi connectivity index (χ3n) is 5.44. The van der Waals surface area contributed by atoms with E-state index in [1.54, 1.807) is 0 Å². The monoisotopic (exact) mass is 328 g/mol. The van der Waals surface area contributed by atoms with Gasteiger partial charge in [-0.1, -0.05) is 31.0 Å². The van der Waals surface area contributed by atoms with E-state index < -0.39 is 0 Å². The molecule has 0 bridgehead atoms. The quantitative estimate of drug-likeness (QED) is 0.796. The molecule has 4 nitrogen and oxygen atoms in total. The van der Waals surface area contributed by atoms with Gasteiger partial charge in [0.05, 0.1) is 6.67 Å². The Balaban J connectivity index is 1.55. The van der Waals surface area contributed by atoms with Gasteiger partial charge in [-0.2, -0.15) is 5.10 Å². The van der Waals surface area contributed by atoms with Crippen LogP contribution in [0.15, 0.2) is 36.7 Å². The highest BCUT2D eigenvalue weighted by Crippen LogP contribution is 2.35. The Hall–Kier alpha value is -1.46. The zero-order chi connectivity index (χ0) is 15.6. The van der Waals surface area contributed by atoms with Crippen LogP contribution in [0.5, 0.6) is 0 Å². The summed E-state index contributed by atoms with van der Waals surface area (Å²) in [6.07, 6.45) is 10.1. The van der Waals surface area contributed by atoms with Gasteiger partial charge in [-0.15, -0.1) is 0 Å². The number of aromatic nitrogens is 3. The minimum absolute atomic E-state index is 0.737. The van der Waals surface area contributed by atoms with Gasteiger partial charge < -0.3 is 0 Å². The van der Waals surface area contributed by atoms with E-state index in [2.05, 4.69) is 22.1 Å². The van der Waals surface area contributed by atoms with Crippen LogP contribution in [0.2, 0.25) is 0 Å². The molecule has 0 amide bonds. The molecule has 1 aliphatic carbocycles. The fourth-order valence-corrected chi connectivity index (χ4v) is 4.53. The van der Waals surface area contributed by atoms with Crippen molar-refractivity contribution >= 4 is 12.2 Å². The third kappa shape index (κ3) is 3.00. The Morgan fingerprint density at radius 3 is 2.70 bits per heavy atom. The molecule has 0 spiro atoms. The van der Waals surface area contributed by atoms with Crippen LogP contribution < -0.4 is 0 Å². The summed E-state index contributed by atoms with van der Waals surface area (Å²) < 4.78 is 4.77. The van der Waals surface area contributed by atoms with Crippen molar-refractivity contribution < 1.29 is 0 Å². The van der Waals surface area contributed by atoms with Crippen molar-refractivity contribution in [2.75, 3.05) is 6.54 Å². The number of piperidine rings is 1. The van der Waals surface area contributed by atoms with E-state index in [0.29, 0.717) is 0 Å². The number of rotatable bonds is 3. The molecule has 5 heteroatoms. The lowest BCUT2D eigenvalue weighted by Crippen LogP contribution is -2.47. The maximum absolute atomic E-state index is 5.66. The van der Waals surface area contributed by atoms with Gasteiger partial charge in [-0.05, 0) is 56.0 Å². The molecule has 0 radical (unpaired) electrons. The van der Waals surface area contributed by atoms with Crippen LogP contribution in [0.4, 0.5) is 0 Å². The highest BCUT2D eigenvalue weighted by Gasteiger charge is 2.33. The zero-order valence-corrected chi connectivity index (χ0v) is 14.3. The fourth-order valence-electron chi connectivity index (χ4n) is 4.28. The molecule has 2 aliphatic rings. The summed E-state index contributed by atoms with van der Waals surface area (Å²) in [5.41, 5.74) is 1.08. The first kappa shape index (κ1) is 15.1. The molecule has 1 saturated carbocycles. The van der Waals surface area contributed by atoms with Crippen LogP contribution in [-0.4, -0.2) is 31.8 Å². The zero-order valence-electron chi connectivity index (χ0n) is 13.5. The molecule has 2 heterocycles. The van der Waals surface area contributed by atoms with Crippen LogP contribution in [0.3, 0.4) is 0 Å². The number of nitrogens with zero attached hydrogens (tertiary/aromatic N) is 4. The first-order valence-corrected chi connectivity index (χ1v) is 9.18. The van der Waals surface area contributed by atoms with Crippen LogP contribution >= 0.6 is 12.2 Å². The Morgan fingerprint density at radius 2 is 1.83 bits per heavy atom. The number of para-hydroxylation sites is 1. The standard InChI is InChI=1S/C18H24N4S/c23-18-21(16-9-2-1-3-10-16)13-19-22(18)14-20-12-6-8-15-7-4-5-11-17(15)20/h1-3,9-10,13,15,17H,4-8,11-12,14H2/t15-,17+/m1/s1. The van der Waals surface area contributed by atoms with Crippen LogP contribution in [-0.2, 0) is 6.67 Å². The Labute approximate surface area is 142 Å². The van der Waals surface area contributed by atoms with Crippen LogP contribution in [0, 0.1) is 10.7 Å². The molecular formula is C18H24N4S. The molecule has 1 saturated heterocycles. The van der Waals surface area contributed by atoms with Crippen LogP contribution in [0.25, 0.3) is 5.69 Å². The molecule has 23 heavy (non-hydrogen) atoms. The first-order valence-electron chi connectivity index (χ1n) is 8.77. The van der Waals surface area contributed by atoms with E-state index in [4.69, 9.17) is 12.2 Å². The molecule has 2 aromatic rings. The number of benzene rings is 1. The van der Waals surface area contributed by atoms with Gasteiger partial charge in [0.1, 0.15) is 6.33 Å². The normalized spacial score (nSPS) is 25.2. The van der Waals surface area contributed by atoms with E-state index in [-0.39, 0.29) is 0 Å². The van der Waals surface area contributed by atoms with Gasteiger partial charge in [-0.3, -0.25) is 9.47 Å². The summed E-state index contributed by atoms with van der Waals surface area (Å²) >= 11 is 5.66. The van der Waals surface area contributed by atoms with Crippen LogP contribution in [0.1, 0.15) is 38.5 Å². The minimum Gasteiger partial charge on any atom is -0.281 e. The van der Waals surface area contributed by atoms with E-state index in [0.717, 1.165) is 29.1 Å². The molecule has 2 fully saturated rings. The van der Waals surface area contributed by atoms with E-state index in [9.17, 15) is 0 Å². The molecule has 0 N–H and O–H groups in total. The largest absolute Gasteiger partial charge is 0.281 e. The molecular weight excluding hydrogens is 304 g/mol. The average molecular weight is 328 g/mol. The summed E-state index contributed by atoms with van der Waals surface area (Å²) in [6, 6.07) is 11.0. The van der Waals surface area contributed by atoms with Gasteiger partial charge in [0.2, 0.25) is 4.77 Å². The molecule has 4 rings (SSSR count). The lowest BCUT2D eigenvalue weighted by Gasteiger charge is -2.43. The molecule has 1 aromatic carbocycles. The Morgan fingerprint density at radius 1 is 1.04 bits per heavy atom. The first-order chi connectivity index (χ1) is 11.3. The lowest BCUT2D eigenvalue weighted by atomic mass is 9.78. The highest BCUT2D eigenvalue weighted by atomic mass is 32.1. The number of likely N-dealkylation sites (tertiary alicyclic amines) is 1. The van der Waals surface area contributed by atoms with E-state index >= 15 is 0 Å². The van der Waals surface area contributed by atoms with Crippen molar-refractivity contribution in [1.82, 2.24) is 19.2 Å². The molecule has 1 aromatic heterocycles.